The van der Waals surface area contributed by atoms with Crippen LogP contribution in [0.25, 0.3) is 0 Å². The van der Waals surface area contributed by atoms with Gasteiger partial charge in [0.05, 0.1) is 0 Å². The van der Waals surface area contributed by atoms with Gasteiger partial charge in [0.2, 0.25) is 0 Å². The molecule has 5 heteroatoms. The van der Waals surface area contributed by atoms with Crippen molar-refractivity contribution in [1.82, 2.24) is 10.2 Å². The molecule has 0 amide bonds. The Morgan fingerprint density at radius 1 is 1.33 bits per heavy atom. The number of alkyl halides is 3. The molecular formula is C13H25F3N2. The molecule has 18 heavy (non-hydrogen) atoms. The van der Waals surface area contributed by atoms with Gasteiger partial charge in [0, 0.05) is 31.1 Å². The van der Waals surface area contributed by atoms with E-state index < -0.39 is 12.6 Å². The van der Waals surface area contributed by atoms with Crippen LogP contribution in [-0.4, -0.2) is 42.3 Å². The lowest BCUT2D eigenvalue weighted by molar-refractivity contribution is -0.137. The highest BCUT2D eigenvalue weighted by molar-refractivity contribution is 4.93. The highest BCUT2D eigenvalue weighted by Gasteiger charge is 2.35. The summed E-state index contributed by atoms with van der Waals surface area (Å²) in [6, 6.07) is 0.379. The molecule has 1 saturated heterocycles. The van der Waals surface area contributed by atoms with Crippen LogP contribution in [-0.2, 0) is 0 Å². The van der Waals surface area contributed by atoms with Crippen molar-refractivity contribution in [2.75, 3.05) is 19.6 Å². The monoisotopic (exact) mass is 266 g/mol. The summed E-state index contributed by atoms with van der Waals surface area (Å²) >= 11 is 0. The molecular weight excluding hydrogens is 241 g/mol. The average molecular weight is 266 g/mol. The molecule has 0 spiro atoms. The van der Waals surface area contributed by atoms with E-state index in [1.54, 1.807) is 0 Å². The van der Waals surface area contributed by atoms with Crippen molar-refractivity contribution >= 4 is 0 Å². The molecule has 0 aliphatic carbocycles. The Hall–Kier alpha value is -0.290. The number of hydrogen-bond acceptors (Lipinski definition) is 2. The second kappa shape index (κ2) is 5.78. The fourth-order valence-electron chi connectivity index (χ4n) is 2.35. The van der Waals surface area contributed by atoms with Crippen LogP contribution in [0.2, 0.25) is 0 Å². The van der Waals surface area contributed by atoms with Crippen LogP contribution in [0.4, 0.5) is 13.2 Å². The Morgan fingerprint density at radius 3 is 2.44 bits per heavy atom. The first-order valence-corrected chi connectivity index (χ1v) is 6.67. The van der Waals surface area contributed by atoms with Crippen molar-refractivity contribution in [3.63, 3.8) is 0 Å². The minimum Gasteiger partial charge on any atom is -0.311 e. The highest BCUT2D eigenvalue weighted by atomic mass is 19.4. The van der Waals surface area contributed by atoms with Gasteiger partial charge in [-0.3, -0.25) is 4.90 Å². The Labute approximate surface area is 108 Å². The van der Waals surface area contributed by atoms with Gasteiger partial charge in [0.1, 0.15) is 0 Å². The van der Waals surface area contributed by atoms with E-state index in [9.17, 15) is 13.2 Å². The normalized spacial score (nSPS) is 25.7. The summed E-state index contributed by atoms with van der Waals surface area (Å²) in [4.78, 5) is 2.19. The topological polar surface area (TPSA) is 15.3 Å². The molecule has 1 unspecified atom stereocenters. The lowest BCUT2D eigenvalue weighted by Crippen LogP contribution is -2.63. The van der Waals surface area contributed by atoms with Gasteiger partial charge >= 0.3 is 6.18 Å². The molecule has 0 aromatic carbocycles. The van der Waals surface area contributed by atoms with E-state index >= 15 is 0 Å². The number of halogens is 3. The van der Waals surface area contributed by atoms with Crippen LogP contribution >= 0.6 is 0 Å². The summed E-state index contributed by atoms with van der Waals surface area (Å²) in [7, 11) is 0. The molecule has 0 bridgehead atoms. The molecule has 1 aliphatic heterocycles. The minimum absolute atomic E-state index is 0.0585. The first-order valence-electron chi connectivity index (χ1n) is 6.67. The van der Waals surface area contributed by atoms with Gasteiger partial charge in [-0.1, -0.05) is 13.8 Å². The van der Waals surface area contributed by atoms with Crippen molar-refractivity contribution in [2.45, 2.75) is 58.3 Å². The number of rotatable bonds is 4. The standard InChI is InChI=1S/C13H25F3N2/c1-10(2)11-8-18(12(3,4)9-17-11)7-5-6-13(14,15)16/h10-11,17H,5-9H2,1-4H3. The van der Waals surface area contributed by atoms with Crippen LogP contribution in [0.15, 0.2) is 0 Å². The Bertz CT molecular complexity index is 261. The molecule has 0 radical (unpaired) electrons. The fourth-order valence-corrected chi connectivity index (χ4v) is 2.35. The summed E-state index contributed by atoms with van der Waals surface area (Å²) < 4.78 is 36.5. The van der Waals surface area contributed by atoms with Crippen LogP contribution < -0.4 is 5.32 Å². The molecule has 2 nitrogen and oxygen atoms in total. The fraction of sp³-hybridized carbons (Fsp3) is 1.00. The zero-order valence-electron chi connectivity index (χ0n) is 11.8. The van der Waals surface area contributed by atoms with E-state index in [4.69, 9.17) is 0 Å². The van der Waals surface area contributed by atoms with E-state index in [1.165, 1.54) is 0 Å². The maximum Gasteiger partial charge on any atom is 0.389 e. The zero-order chi connectivity index (χ0) is 14.0. The summed E-state index contributed by atoms with van der Waals surface area (Å²) in [6.07, 6.45) is -4.52. The predicted octanol–water partition coefficient (Wildman–Crippen LogP) is 3.04. The van der Waals surface area contributed by atoms with E-state index in [-0.39, 0.29) is 12.0 Å². The summed E-state index contributed by atoms with van der Waals surface area (Å²) in [5.74, 6) is 0.506. The number of nitrogens with zero attached hydrogens (tertiary/aromatic N) is 1. The molecule has 108 valence electrons. The second-order valence-electron chi connectivity index (χ2n) is 6.21. The maximum absolute atomic E-state index is 12.2. The first-order chi connectivity index (χ1) is 8.12. The molecule has 0 aromatic heterocycles. The largest absolute Gasteiger partial charge is 0.389 e. The van der Waals surface area contributed by atoms with E-state index in [1.807, 2.05) is 0 Å². The quantitative estimate of drug-likeness (QED) is 0.841. The summed E-state index contributed by atoms with van der Waals surface area (Å²) in [5.41, 5.74) is -0.0585. The average Bonchev–Trinajstić information content (AvgIpc) is 2.18. The van der Waals surface area contributed by atoms with Gasteiger partial charge in [-0.2, -0.15) is 13.2 Å². The van der Waals surface area contributed by atoms with Gasteiger partial charge in [-0.25, -0.2) is 0 Å². The van der Waals surface area contributed by atoms with E-state index in [0.717, 1.165) is 13.1 Å². The third-order valence-corrected chi connectivity index (χ3v) is 3.76. The van der Waals surface area contributed by atoms with Gasteiger partial charge < -0.3 is 5.32 Å². The zero-order valence-corrected chi connectivity index (χ0v) is 11.8. The second-order valence-corrected chi connectivity index (χ2v) is 6.21. The van der Waals surface area contributed by atoms with Crippen LogP contribution in [0.5, 0.6) is 0 Å². The first kappa shape index (κ1) is 15.8. The van der Waals surface area contributed by atoms with Crippen molar-refractivity contribution in [2.24, 2.45) is 5.92 Å². The molecule has 1 aliphatic rings. The predicted molar refractivity (Wildman–Crippen MR) is 67.6 cm³/mol. The third-order valence-electron chi connectivity index (χ3n) is 3.76. The molecule has 0 saturated carbocycles. The SMILES string of the molecule is CC(C)C1CN(CCCC(F)(F)F)C(C)(C)CN1. The van der Waals surface area contributed by atoms with Crippen LogP contribution in [0.1, 0.15) is 40.5 Å². The van der Waals surface area contributed by atoms with Gasteiger partial charge in [0.15, 0.2) is 0 Å². The van der Waals surface area contributed by atoms with E-state index in [2.05, 4.69) is 37.9 Å². The Kier molecular flexibility index (Phi) is 5.06. The van der Waals surface area contributed by atoms with Crippen molar-refractivity contribution in [3.05, 3.63) is 0 Å². The number of hydrogen-bond donors (Lipinski definition) is 1. The maximum atomic E-state index is 12.2. The van der Waals surface area contributed by atoms with Gasteiger partial charge in [0.25, 0.3) is 0 Å². The van der Waals surface area contributed by atoms with Crippen molar-refractivity contribution in [3.8, 4) is 0 Å². The molecule has 1 rings (SSSR count). The molecule has 1 atom stereocenters. The summed E-state index contributed by atoms with van der Waals surface area (Å²) in [5, 5.41) is 3.48. The minimum atomic E-state index is -4.03. The lowest BCUT2D eigenvalue weighted by Gasteiger charge is -2.47. The molecule has 0 aromatic rings. The summed E-state index contributed by atoms with van der Waals surface area (Å²) in [6.45, 7) is 10.7. The van der Waals surface area contributed by atoms with Gasteiger partial charge in [-0.15, -0.1) is 0 Å². The number of piperazine rings is 1. The smallest absolute Gasteiger partial charge is 0.311 e. The molecule has 1 N–H and O–H groups in total. The van der Waals surface area contributed by atoms with Crippen molar-refractivity contribution in [1.29, 1.82) is 0 Å². The number of nitrogens with one attached hydrogen (secondary N) is 1. The Balaban J connectivity index is 2.49. The van der Waals surface area contributed by atoms with Crippen LogP contribution in [0.3, 0.4) is 0 Å². The lowest BCUT2D eigenvalue weighted by atomic mass is 9.92. The third kappa shape index (κ3) is 4.76. The van der Waals surface area contributed by atoms with E-state index in [0.29, 0.717) is 18.5 Å². The van der Waals surface area contributed by atoms with Crippen LogP contribution in [0, 0.1) is 5.92 Å². The molecule has 1 heterocycles. The van der Waals surface area contributed by atoms with Crippen molar-refractivity contribution < 1.29 is 13.2 Å². The Morgan fingerprint density at radius 2 is 1.94 bits per heavy atom. The van der Waals surface area contributed by atoms with Gasteiger partial charge in [-0.05, 0) is 32.7 Å². The highest BCUT2D eigenvalue weighted by Crippen LogP contribution is 2.25. The molecule has 1 fully saturated rings.